The molecule has 1 aromatic rings. The number of nitrogens with one attached hydrogen (secondary N) is 1. The van der Waals surface area contributed by atoms with Crippen LogP contribution in [0.15, 0.2) is 24.3 Å². The van der Waals surface area contributed by atoms with Crippen molar-refractivity contribution in [1.82, 2.24) is 10.2 Å². The molecule has 118 valence electrons. The summed E-state index contributed by atoms with van der Waals surface area (Å²) in [7, 11) is 1.71. The van der Waals surface area contributed by atoms with Crippen LogP contribution in [-0.4, -0.2) is 54.0 Å². The molecule has 2 fully saturated rings. The Morgan fingerprint density at radius 1 is 1.45 bits per heavy atom. The first-order valence-electron chi connectivity index (χ1n) is 7.23. The van der Waals surface area contributed by atoms with Crippen LogP contribution in [0.1, 0.15) is 6.42 Å². The van der Waals surface area contributed by atoms with E-state index in [1.807, 2.05) is 18.2 Å². The van der Waals surface area contributed by atoms with E-state index in [9.17, 15) is 9.59 Å². The van der Waals surface area contributed by atoms with Gasteiger partial charge in [-0.3, -0.25) is 14.9 Å². The molecule has 22 heavy (non-hydrogen) atoms. The van der Waals surface area contributed by atoms with E-state index >= 15 is 0 Å². The van der Waals surface area contributed by atoms with Crippen molar-refractivity contribution in [3.63, 3.8) is 0 Å². The Balaban J connectivity index is 1.73. The Kier molecular flexibility index (Phi) is 4.61. The van der Waals surface area contributed by atoms with E-state index in [-0.39, 0.29) is 17.9 Å². The zero-order valence-electron chi connectivity index (χ0n) is 12.3. The first-order chi connectivity index (χ1) is 10.6. The lowest BCUT2D eigenvalue weighted by Crippen LogP contribution is -2.50. The second-order valence-corrected chi connectivity index (χ2v) is 6.90. The predicted octanol–water partition coefficient (Wildman–Crippen LogP) is 1.57. The van der Waals surface area contributed by atoms with Gasteiger partial charge < -0.3 is 9.80 Å². The van der Waals surface area contributed by atoms with Crippen molar-refractivity contribution in [2.45, 2.75) is 18.5 Å². The summed E-state index contributed by atoms with van der Waals surface area (Å²) >= 11 is 7.88. The van der Waals surface area contributed by atoms with Crippen LogP contribution in [-0.2, 0) is 9.59 Å². The van der Waals surface area contributed by atoms with Crippen LogP contribution < -0.4 is 10.2 Å². The second kappa shape index (κ2) is 6.48. The van der Waals surface area contributed by atoms with Crippen molar-refractivity contribution in [2.75, 3.05) is 30.1 Å². The van der Waals surface area contributed by atoms with E-state index in [1.165, 1.54) is 0 Å². The number of benzene rings is 1. The average Bonchev–Trinajstić information content (AvgIpc) is 3.16. The topological polar surface area (TPSA) is 52.7 Å². The van der Waals surface area contributed by atoms with Crippen molar-refractivity contribution in [3.05, 3.63) is 29.3 Å². The van der Waals surface area contributed by atoms with E-state index in [2.05, 4.69) is 5.32 Å². The standard InChI is InChI=1S/C15H18ClN3O2S/c1-18(14(20)11-8-22-9-17-11)13-6-7-19(15(13)21)12-5-3-2-4-10(12)16/h2-5,11,13,17H,6-9H2,1H3/t11-,13-/m1/s1. The summed E-state index contributed by atoms with van der Waals surface area (Å²) < 4.78 is 0. The Morgan fingerprint density at radius 3 is 2.91 bits per heavy atom. The van der Waals surface area contributed by atoms with Gasteiger partial charge >= 0.3 is 0 Å². The van der Waals surface area contributed by atoms with Crippen LogP contribution in [0.25, 0.3) is 0 Å². The predicted molar refractivity (Wildman–Crippen MR) is 89.2 cm³/mol. The molecule has 1 N–H and O–H groups in total. The van der Waals surface area contributed by atoms with E-state index in [1.54, 1.807) is 34.7 Å². The lowest BCUT2D eigenvalue weighted by molar-refractivity contribution is -0.137. The summed E-state index contributed by atoms with van der Waals surface area (Å²) in [5.74, 6) is 1.48. The zero-order valence-corrected chi connectivity index (χ0v) is 13.9. The molecular weight excluding hydrogens is 322 g/mol. The maximum absolute atomic E-state index is 12.7. The highest BCUT2D eigenvalue weighted by molar-refractivity contribution is 7.99. The van der Waals surface area contributed by atoms with Gasteiger partial charge in [0.1, 0.15) is 6.04 Å². The minimum Gasteiger partial charge on any atom is -0.332 e. The lowest BCUT2D eigenvalue weighted by atomic mass is 10.2. The molecule has 2 amide bonds. The number of carbonyl (C=O) groups is 2. The number of thioether (sulfide) groups is 1. The van der Waals surface area contributed by atoms with Crippen LogP contribution in [0.2, 0.25) is 5.02 Å². The Labute approximate surface area is 139 Å². The maximum atomic E-state index is 12.7. The van der Waals surface area contributed by atoms with Crippen LogP contribution in [0.3, 0.4) is 0 Å². The Bertz CT molecular complexity index is 592. The molecule has 0 radical (unpaired) electrons. The van der Waals surface area contributed by atoms with Crippen LogP contribution >= 0.6 is 23.4 Å². The normalized spacial score (nSPS) is 24.8. The lowest BCUT2D eigenvalue weighted by Gasteiger charge is -2.26. The van der Waals surface area contributed by atoms with E-state index in [4.69, 9.17) is 11.6 Å². The first kappa shape index (κ1) is 15.6. The van der Waals surface area contributed by atoms with Gasteiger partial charge in [-0.15, -0.1) is 11.8 Å². The summed E-state index contributed by atoms with van der Waals surface area (Å²) in [5, 5.41) is 3.71. The highest BCUT2D eigenvalue weighted by Crippen LogP contribution is 2.30. The largest absolute Gasteiger partial charge is 0.332 e. The zero-order chi connectivity index (χ0) is 15.7. The van der Waals surface area contributed by atoms with Crippen molar-refractivity contribution in [3.8, 4) is 0 Å². The maximum Gasteiger partial charge on any atom is 0.249 e. The van der Waals surface area contributed by atoms with Gasteiger partial charge in [0, 0.05) is 25.2 Å². The fourth-order valence-corrected chi connectivity index (χ4v) is 4.06. The van der Waals surface area contributed by atoms with Gasteiger partial charge in [0.25, 0.3) is 0 Å². The monoisotopic (exact) mass is 339 g/mol. The van der Waals surface area contributed by atoms with Gasteiger partial charge in [-0.1, -0.05) is 23.7 Å². The number of hydrogen-bond acceptors (Lipinski definition) is 4. The molecule has 1 aromatic carbocycles. The first-order valence-corrected chi connectivity index (χ1v) is 8.76. The summed E-state index contributed by atoms with van der Waals surface area (Å²) in [5.41, 5.74) is 0.715. The van der Waals surface area contributed by atoms with Crippen LogP contribution in [0.4, 0.5) is 5.69 Å². The average molecular weight is 340 g/mol. The fraction of sp³-hybridized carbons (Fsp3) is 0.467. The third-order valence-electron chi connectivity index (χ3n) is 4.15. The van der Waals surface area contributed by atoms with Crippen molar-refractivity contribution in [1.29, 1.82) is 0 Å². The summed E-state index contributed by atoms with van der Waals surface area (Å²) in [6, 6.07) is 6.71. The molecule has 2 atom stereocenters. The summed E-state index contributed by atoms with van der Waals surface area (Å²) in [4.78, 5) is 28.4. The van der Waals surface area contributed by atoms with Gasteiger partial charge in [0.05, 0.1) is 16.8 Å². The van der Waals surface area contributed by atoms with E-state index in [0.29, 0.717) is 23.7 Å². The minimum atomic E-state index is -0.406. The number of hydrogen-bond donors (Lipinski definition) is 1. The molecule has 0 saturated carbocycles. The number of rotatable bonds is 3. The molecule has 0 aromatic heterocycles. The SMILES string of the molecule is CN(C(=O)[C@H]1CSCN1)[C@@H]1CCN(c2ccccc2Cl)C1=O. The number of nitrogens with zero attached hydrogens (tertiary/aromatic N) is 2. The van der Waals surface area contributed by atoms with Gasteiger partial charge in [0.2, 0.25) is 11.8 Å². The molecular formula is C15H18ClN3O2S. The number of likely N-dealkylation sites (N-methyl/N-ethyl adjacent to an activating group) is 1. The second-order valence-electron chi connectivity index (χ2n) is 5.47. The minimum absolute atomic E-state index is 0.00985. The van der Waals surface area contributed by atoms with E-state index < -0.39 is 6.04 Å². The number of carbonyl (C=O) groups excluding carboxylic acids is 2. The molecule has 0 unspecified atom stereocenters. The molecule has 0 aliphatic carbocycles. The molecule has 0 spiro atoms. The molecule has 2 aliphatic heterocycles. The van der Waals surface area contributed by atoms with Gasteiger partial charge in [-0.2, -0.15) is 0 Å². The van der Waals surface area contributed by atoms with Gasteiger partial charge in [0.15, 0.2) is 0 Å². The molecule has 2 heterocycles. The fourth-order valence-electron chi connectivity index (χ4n) is 2.89. The van der Waals surface area contributed by atoms with Gasteiger partial charge in [-0.05, 0) is 18.6 Å². The summed E-state index contributed by atoms with van der Waals surface area (Å²) in [6.07, 6.45) is 0.631. The Morgan fingerprint density at radius 2 is 2.23 bits per heavy atom. The number of halogens is 1. The molecule has 0 bridgehead atoms. The van der Waals surface area contributed by atoms with Crippen molar-refractivity contribution >= 4 is 40.9 Å². The number of amides is 2. The smallest absolute Gasteiger partial charge is 0.249 e. The van der Waals surface area contributed by atoms with Crippen molar-refractivity contribution < 1.29 is 9.59 Å². The highest BCUT2D eigenvalue weighted by atomic mass is 35.5. The Hall–Kier alpha value is -1.24. The molecule has 2 aliphatic rings. The highest BCUT2D eigenvalue weighted by Gasteiger charge is 2.39. The molecule has 5 nitrogen and oxygen atoms in total. The number of anilines is 1. The van der Waals surface area contributed by atoms with E-state index in [0.717, 1.165) is 11.6 Å². The van der Waals surface area contributed by atoms with Crippen LogP contribution in [0, 0.1) is 0 Å². The van der Waals surface area contributed by atoms with Gasteiger partial charge in [-0.25, -0.2) is 0 Å². The molecule has 3 rings (SSSR count). The van der Waals surface area contributed by atoms with Crippen molar-refractivity contribution in [2.24, 2.45) is 0 Å². The third-order valence-corrected chi connectivity index (χ3v) is 5.41. The number of para-hydroxylation sites is 1. The molecule has 2 saturated heterocycles. The quantitative estimate of drug-likeness (QED) is 0.908. The molecule has 7 heteroatoms. The summed E-state index contributed by atoms with van der Waals surface area (Å²) in [6.45, 7) is 0.581. The third kappa shape index (κ3) is 2.83. The van der Waals surface area contributed by atoms with Crippen LogP contribution in [0.5, 0.6) is 0 Å².